The number of imidazole rings is 1. The molecular formula is C16H14F2N4OS. The fourth-order valence-corrected chi connectivity index (χ4v) is 3.92. The quantitative estimate of drug-likeness (QED) is 0.763. The number of carbonyl (C=O) groups excluding carboxylic acids is 1. The summed E-state index contributed by atoms with van der Waals surface area (Å²) in [5, 5.41) is 3.00. The predicted octanol–water partition coefficient (Wildman–Crippen LogP) is 3.24. The Hall–Kier alpha value is -2.35. The van der Waals surface area contributed by atoms with E-state index < -0.39 is 12.2 Å². The minimum absolute atomic E-state index is 0.0224. The summed E-state index contributed by atoms with van der Waals surface area (Å²) in [5.74, 6) is -0.705. The Bertz CT molecular complexity index is 905. The summed E-state index contributed by atoms with van der Waals surface area (Å²) in [5.41, 5.74) is 3.96. The fraction of sp³-hybridized carbons (Fsp3) is 0.312. The molecule has 0 fully saturated rings. The summed E-state index contributed by atoms with van der Waals surface area (Å²) in [6.45, 7) is 0. The molecule has 3 aromatic rings. The molecule has 24 heavy (non-hydrogen) atoms. The van der Waals surface area contributed by atoms with E-state index in [0.29, 0.717) is 11.1 Å². The van der Waals surface area contributed by atoms with E-state index in [1.807, 2.05) is 5.51 Å². The number of para-hydroxylation sites is 1. The SMILES string of the molecule is O=C(N[C@H]1CCc2ncsc2C1)c1cccc2[nH]c(C(F)F)nc12. The third kappa shape index (κ3) is 2.66. The van der Waals surface area contributed by atoms with Crippen LogP contribution in [-0.4, -0.2) is 26.9 Å². The normalized spacial score (nSPS) is 17.2. The van der Waals surface area contributed by atoms with Gasteiger partial charge >= 0.3 is 0 Å². The lowest BCUT2D eigenvalue weighted by molar-refractivity contribution is 0.0935. The first-order valence-electron chi connectivity index (χ1n) is 7.60. The number of hydrogen-bond donors (Lipinski definition) is 2. The van der Waals surface area contributed by atoms with E-state index in [-0.39, 0.29) is 17.5 Å². The number of nitrogens with zero attached hydrogens (tertiary/aromatic N) is 2. The molecule has 0 spiro atoms. The first kappa shape index (κ1) is 15.2. The van der Waals surface area contributed by atoms with Gasteiger partial charge in [0.15, 0.2) is 5.82 Å². The molecule has 4 rings (SSSR count). The van der Waals surface area contributed by atoms with Crippen molar-refractivity contribution in [2.45, 2.75) is 31.7 Å². The van der Waals surface area contributed by atoms with Crippen LogP contribution >= 0.6 is 11.3 Å². The van der Waals surface area contributed by atoms with Crippen molar-refractivity contribution in [2.75, 3.05) is 0 Å². The van der Waals surface area contributed by atoms with Crippen LogP contribution < -0.4 is 5.32 Å². The Morgan fingerprint density at radius 1 is 1.42 bits per heavy atom. The molecule has 0 saturated carbocycles. The number of nitrogens with one attached hydrogen (secondary N) is 2. The molecule has 0 saturated heterocycles. The average Bonchev–Trinajstić information content (AvgIpc) is 3.20. The first-order valence-corrected chi connectivity index (χ1v) is 8.48. The molecule has 124 valence electrons. The molecule has 0 radical (unpaired) electrons. The van der Waals surface area contributed by atoms with Gasteiger partial charge in [-0.3, -0.25) is 4.79 Å². The van der Waals surface area contributed by atoms with Crippen LogP contribution in [0.2, 0.25) is 0 Å². The van der Waals surface area contributed by atoms with Gasteiger partial charge in [-0.1, -0.05) is 6.07 Å². The van der Waals surface area contributed by atoms with E-state index in [0.717, 1.165) is 25.0 Å². The van der Waals surface area contributed by atoms with Crippen LogP contribution in [0.25, 0.3) is 11.0 Å². The number of aromatic amines is 1. The van der Waals surface area contributed by atoms with Crippen LogP contribution in [0, 0.1) is 0 Å². The topological polar surface area (TPSA) is 70.7 Å². The first-order chi connectivity index (χ1) is 11.6. The molecule has 2 heterocycles. The molecule has 1 aromatic carbocycles. The van der Waals surface area contributed by atoms with Crippen LogP contribution in [0.4, 0.5) is 8.78 Å². The van der Waals surface area contributed by atoms with Gasteiger partial charge in [-0.2, -0.15) is 0 Å². The highest BCUT2D eigenvalue weighted by Crippen LogP contribution is 2.25. The Morgan fingerprint density at radius 3 is 3.12 bits per heavy atom. The summed E-state index contributed by atoms with van der Waals surface area (Å²) >= 11 is 1.60. The van der Waals surface area contributed by atoms with Crippen molar-refractivity contribution >= 4 is 28.3 Å². The van der Waals surface area contributed by atoms with Crippen LogP contribution in [-0.2, 0) is 12.8 Å². The van der Waals surface area contributed by atoms with E-state index in [1.165, 1.54) is 4.88 Å². The Balaban J connectivity index is 1.57. The van der Waals surface area contributed by atoms with E-state index in [1.54, 1.807) is 29.5 Å². The highest BCUT2D eigenvalue weighted by molar-refractivity contribution is 7.09. The smallest absolute Gasteiger partial charge is 0.295 e. The fourth-order valence-electron chi connectivity index (χ4n) is 3.02. The molecular weight excluding hydrogens is 334 g/mol. The largest absolute Gasteiger partial charge is 0.349 e. The standard InChI is InChI=1S/C16H14F2N4OS/c17-14(18)15-21-11-3-1-2-9(13(11)22-15)16(23)20-8-4-5-10-12(6-8)24-7-19-10/h1-3,7-8,14H,4-6H2,(H,20,23)(H,21,22)/t8-/m0/s1. The molecule has 8 heteroatoms. The second kappa shape index (κ2) is 5.94. The van der Waals surface area contributed by atoms with Gasteiger partial charge in [-0.15, -0.1) is 11.3 Å². The van der Waals surface area contributed by atoms with Crippen molar-refractivity contribution in [2.24, 2.45) is 0 Å². The minimum Gasteiger partial charge on any atom is -0.349 e. The maximum absolute atomic E-state index is 12.8. The maximum Gasteiger partial charge on any atom is 0.295 e. The van der Waals surface area contributed by atoms with Gasteiger partial charge in [0.2, 0.25) is 0 Å². The number of benzene rings is 1. The highest BCUT2D eigenvalue weighted by atomic mass is 32.1. The van der Waals surface area contributed by atoms with Crippen LogP contribution in [0.5, 0.6) is 0 Å². The summed E-state index contributed by atoms with van der Waals surface area (Å²) < 4.78 is 25.6. The summed E-state index contributed by atoms with van der Waals surface area (Å²) in [7, 11) is 0. The Kier molecular flexibility index (Phi) is 3.76. The number of thiazole rings is 1. The van der Waals surface area contributed by atoms with Gasteiger partial charge in [0.25, 0.3) is 12.3 Å². The zero-order valence-corrected chi connectivity index (χ0v) is 13.4. The third-order valence-electron chi connectivity index (χ3n) is 4.20. The zero-order chi connectivity index (χ0) is 16.7. The molecule has 1 aliphatic carbocycles. The third-order valence-corrected chi connectivity index (χ3v) is 5.10. The van der Waals surface area contributed by atoms with Crippen molar-refractivity contribution in [1.29, 1.82) is 0 Å². The van der Waals surface area contributed by atoms with E-state index >= 15 is 0 Å². The van der Waals surface area contributed by atoms with Crippen LogP contribution in [0.1, 0.15) is 39.6 Å². The lowest BCUT2D eigenvalue weighted by Gasteiger charge is -2.22. The molecule has 1 aliphatic rings. The van der Waals surface area contributed by atoms with E-state index in [9.17, 15) is 13.6 Å². The minimum atomic E-state index is -2.70. The maximum atomic E-state index is 12.8. The Labute approximate surface area is 140 Å². The zero-order valence-electron chi connectivity index (χ0n) is 12.6. The molecule has 0 bridgehead atoms. The molecule has 2 aromatic heterocycles. The van der Waals surface area contributed by atoms with Gasteiger partial charge in [0, 0.05) is 17.3 Å². The molecule has 1 atom stereocenters. The predicted molar refractivity (Wildman–Crippen MR) is 86.4 cm³/mol. The molecule has 5 nitrogen and oxygen atoms in total. The number of aryl methyl sites for hydroxylation is 1. The lowest BCUT2D eigenvalue weighted by Crippen LogP contribution is -2.38. The van der Waals surface area contributed by atoms with Gasteiger partial charge in [0.1, 0.15) is 5.52 Å². The number of amides is 1. The van der Waals surface area contributed by atoms with E-state index in [4.69, 9.17) is 0 Å². The molecule has 1 amide bonds. The monoisotopic (exact) mass is 348 g/mol. The van der Waals surface area contributed by atoms with Gasteiger partial charge in [-0.05, 0) is 25.0 Å². The van der Waals surface area contributed by atoms with Crippen molar-refractivity contribution in [3.8, 4) is 0 Å². The number of halogens is 2. The van der Waals surface area contributed by atoms with E-state index in [2.05, 4.69) is 20.3 Å². The number of aromatic nitrogens is 3. The molecule has 0 unspecified atom stereocenters. The number of H-pyrrole nitrogens is 1. The number of carbonyl (C=O) groups is 1. The number of hydrogen-bond acceptors (Lipinski definition) is 4. The second-order valence-corrected chi connectivity index (χ2v) is 6.70. The molecule has 2 N–H and O–H groups in total. The summed E-state index contributed by atoms with van der Waals surface area (Å²) in [6, 6.07) is 4.92. The van der Waals surface area contributed by atoms with Crippen molar-refractivity contribution in [3.05, 3.63) is 45.7 Å². The van der Waals surface area contributed by atoms with Gasteiger partial charge in [-0.25, -0.2) is 18.7 Å². The second-order valence-electron chi connectivity index (χ2n) is 5.76. The summed E-state index contributed by atoms with van der Waals surface area (Å²) in [4.78, 5) is 24.5. The average molecular weight is 348 g/mol. The highest BCUT2D eigenvalue weighted by Gasteiger charge is 2.24. The number of fused-ring (bicyclic) bond motifs is 2. The van der Waals surface area contributed by atoms with Crippen molar-refractivity contribution < 1.29 is 13.6 Å². The Morgan fingerprint density at radius 2 is 2.29 bits per heavy atom. The number of alkyl halides is 2. The van der Waals surface area contributed by atoms with Crippen molar-refractivity contribution in [1.82, 2.24) is 20.3 Å². The van der Waals surface area contributed by atoms with Crippen molar-refractivity contribution in [3.63, 3.8) is 0 Å². The number of rotatable bonds is 3. The van der Waals surface area contributed by atoms with Crippen LogP contribution in [0.15, 0.2) is 23.7 Å². The molecule has 0 aliphatic heterocycles. The van der Waals surface area contributed by atoms with Gasteiger partial charge < -0.3 is 10.3 Å². The van der Waals surface area contributed by atoms with Crippen LogP contribution in [0.3, 0.4) is 0 Å². The summed E-state index contributed by atoms with van der Waals surface area (Å²) in [6.07, 6.45) is -0.283. The lowest BCUT2D eigenvalue weighted by atomic mass is 9.97. The van der Waals surface area contributed by atoms with Gasteiger partial charge in [0.05, 0.1) is 22.3 Å².